The van der Waals surface area contributed by atoms with Gasteiger partial charge >= 0.3 is 0 Å². The molecule has 1 amide bonds. The Morgan fingerprint density at radius 1 is 1.14 bits per heavy atom. The van der Waals surface area contributed by atoms with E-state index in [2.05, 4.69) is 15.4 Å². The zero-order valence-corrected chi connectivity index (χ0v) is 21.1. The summed E-state index contributed by atoms with van der Waals surface area (Å²) >= 11 is 6.14. The van der Waals surface area contributed by atoms with Crippen LogP contribution in [0.2, 0.25) is 5.02 Å². The first-order chi connectivity index (χ1) is 16.7. The van der Waals surface area contributed by atoms with Gasteiger partial charge in [-0.05, 0) is 63.1 Å². The van der Waals surface area contributed by atoms with Gasteiger partial charge in [0.1, 0.15) is 5.69 Å². The fourth-order valence-corrected chi connectivity index (χ4v) is 3.91. The lowest BCUT2D eigenvalue weighted by Crippen LogP contribution is -2.39. The van der Waals surface area contributed by atoms with Crippen molar-refractivity contribution >= 4 is 23.2 Å². The first kappa shape index (κ1) is 24.5. The van der Waals surface area contributed by atoms with Gasteiger partial charge in [0.2, 0.25) is 0 Å². The quantitative estimate of drug-likeness (QED) is 0.413. The van der Waals surface area contributed by atoms with Crippen molar-refractivity contribution in [2.75, 3.05) is 6.61 Å². The lowest BCUT2D eigenvalue weighted by Gasteiger charge is -2.17. The molecule has 9 heteroatoms. The van der Waals surface area contributed by atoms with Gasteiger partial charge in [-0.15, -0.1) is 0 Å². The Labute approximate surface area is 208 Å². The van der Waals surface area contributed by atoms with E-state index in [9.17, 15) is 9.59 Å². The number of hydrogen-bond donors (Lipinski definition) is 1. The molecule has 0 bridgehead atoms. The molecule has 1 aromatic carbocycles. The third-order valence-electron chi connectivity index (χ3n) is 5.94. The maximum absolute atomic E-state index is 13.5. The van der Waals surface area contributed by atoms with Gasteiger partial charge in [0.15, 0.2) is 18.0 Å². The van der Waals surface area contributed by atoms with Crippen LogP contribution in [0, 0.1) is 19.8 Å². The average Bonchev–Trinajstić information content (AvgIpc) is 3.18. The highest BCUT2D eigenvalue weighted by Gasteiger charge is 2.19. The number of aromatic nitrogens is 4. The lowest BCUT2D eigenvalue weighted by molar-refractivity contribution is -0.123. The van der Waals surface area contributed by atoms with E-state index in [1.54, 1.807) is 36.0 Å². The number of nitrogens with one attached hydrogen (secondary N) is 1. The topological polar surface area (TPSA) is 90.5 Å². The van der Waals surface area contributed by atoms with Gasteiger partial charge in [-0.1, -0.05) is 31.5 Å². The van der Waals surface area contributed by atoms with Crippen molar-refractivity contribution in [3.8, 4) is 22.7 Å². The van der Waals surface area contributed by atoms with E-state index in [0.29, 0.717) is 39.3 Å². The maximum atomic E-state index is 13.5. The summed E-state index contributed by atoms with van der Waals surface area (Å²) in [6.07, 6.45) is 1.63. The van der Waals surface area contributed by atoms with Crippen molar-refractivity contribution in [3.05, 3.63) is 75.4 Å². The van der Waals surface area contributed by atoms with Gasteiger partial charge in [-0.2, -0.15) is 5.10 Å². The van der Waals surface area contributed by atoms with Crippen molar-refractivity contribution in [1.82, 2.24) is 24.5 Å². The van der Waals surface area contributed by atoms with Crippen LogP contribution in [0.15, 0.2) is 53.5 Å². The van der Waals surface area contributed by atoms with Gasteiger partial charge in [-0.25, -0.2) is 9.67 Å². The molecule has 182 valence electrons. The molecule has 1 unspecified atom stereocenters. The molecule has 0 aliphatic rings. The first-order valence-electron chi connectivity index (χ1n) is 11.4. The minimum absolute atomic E-state index is 0.0272. The largest absolute Gasteiger partial charge is 0.480 e. The summed E-state index contributed by atoms with van der Waals surface area (Å²) in [5.41, 5.74) is 3.14. The first-order valence-corrected chi connectivity index (χ1v) is 11.8. The molecule has 0 spiro atoms. The molecule has 0 aliphatic heterocycles. The smallest absolute Gasteiger partial charge is 0.267 e. The molecular weight excluding hydrogens is 466 g/mol. The molecule has 3 heterocycles. The lowest BCUT2D eigenvalue weighted by atomic mass is 10.1. The third-order valence-corrected chi connectivity index (χ3v) is 6.18. The summed E-state index contributed by atoms with van der Waals surface area (Å²) in [6, 6.07) is 12.6. The molecule has 1 N–H and O–H groups in total. The second kappa shape index (κ2) is 9.92. The number of halogens is 1. The number of amides is 1. The molecule has 4 aromatic rings. The minimum Gasteiger partial charge on any atom is -0.480 e. The number of fused-ring (bicyclic) bond motifs is 1. The van der Waals surface area contributed by atoms with E-state index in [0.717, 1.165) is 11.4 Å². The van der Waals surface area contributed by atoms with Crippen LogP contribution in [-0.4, -0.2) is 37.7 Å². The van der Waals surface area contributed by atoms with Crippen LogP contribution in [0.25, 0.3) is 22.6 Å². The number of pyridine rings is 1. The Bertz CT molecular complexity index is 1460. The highest BCUT2D eigenvalue weighted by molar-refractivity contribution is 6.30. The monoisotopic (exact) mass is 493 g/mol. The van der Waals surface area contributed by atoms with Crippen LogP contribution in [0.1, 0.15) is 32.2 Å². The fraction of sp³-hybridized carbons (Fsp3) is 0.308. The second-order valence-electron chi connectivity index (χ2n) is 8.89. The van der Waals surface area contributed by atoms with E-state index in [1.807, 2.05) is 52.0 Å². The van der Waals surface area contributed by atoms with Gasteiger partial charge in [-0.3, -0.25) is 14.0 Å². The van der Waals surface area contributed by atoms with Crippen LogP contribution in [0.5, 0.6) is 5.75 Å². The van der Waals surface area contributed by atoms with Gasteiger partial charge in [0, 0.05) is 23.0 Å². The Morgan fingerprint density at radius 2 is 1.91 bits per heavy atom. The molecule has 0 aliphatic carbocycles. The van der Waals surface area contributed by atoms with Gasteiger partial charge in [0.25, 0.3) is 11.5 Å². The van der Waals surface area contributed by atoms with Crippen LogP contribution in [-0.2, 0) is 4.79 Å². The second-order valence-corrected chi connectivity index (χ2v) is 9.33. The predicted octanol–water partition coefficient (Wildman–Crippen LogP) is 4.36. The number of aryl methyl sites for hydroxylation is 2. The summed E-state index contributed by atoms with van der Waals surface area (Å²) < 4.78 is 8.90. The standard InChI is InChI=1S/C26H28ClN5O3/c1-15(2)17(4)28-23(33)14-35-22-10-7-11-31-25(22)29-18(5)24(26(31)34)21-12-16(3)32(30-21)20-9-6-8-19(27)13-20/h6-13,15,17H,14H2,1-5H3,(H,28,33). The van der Waals surface area contributed by atoms with Crippen LogP contribution in [0.4, 0.5) is 0 Å². The van der Waals surface area contributed by atoms with Crippen molar-refractivity contribution in [2.24, 2.45) is 5.92 Å². The Hall–Kier alpha value is -3.65. The fourth-order valence-electron chi connectivity index (χ4n) is 3.72. The molecule has 0 fully saturated rings. The molecule has 0 saturated heterocycles. The van der Waals surface area contributed by atoms with Gasteiger partial charge < -0.3 is 10.1 Å². The SMILES string of the molecule is Cc1nc2c(OCC(=O)NC(C)C(C)C)cccn2c(=O)c1-c1cc(C)n(-c2cccc(Cl)c2)n1. The van der Waals surface area contributed by atoms with Crippen LogP contribution < -0.4 is 15.6 Å². The Balaban J connectivity index is 1.68. The third kappa shape index (κ3) is 5.07. The summed E-state index contributed by atoms with van der Waals surface area (Å²) in [5.74, 6) is 0.432. The zero-order valence-electron chi connectivity index (χ0n) is 20.4. The van der Waals surface area contributed by atoms with E-state index in [1.165, 1.54) is 4.40 Å². The molecule has 0 saturated carbocycles. The summed E-state index contributed by atoms with van der Waals surface area (Å²) in [7, 11) is 0. The van der Waals surface area contributed by atoms with Crippen LogP contribution >= 0.6 is 11.6 Å². The number of ether oxygens (including phenoxy) is 1. The summed E-state index contributed by atoms with van der Waals surface area (Å²) in [6.45, 7) is 9.52. The van der Waals surface area contributed by atoms with E-state index in [4.69, 9.17) is 16.3 Å². The molecule has 8 nitrogen and oxygen atoms in total. The average molecular weight is 494 g/mol. The summed E-state index contributed by atoms with van der Waals surface area (Å²) in [4.78, 5) is 30.4. The zero-order chi connectivity index (χ0) is 25.3. The summed E-state index contributed by atoms with van der Waals surface area (Å²) in [5, 5.41) is 8.17. The number of rotatable bonds is 7. The highest BCUT2D eigenvalue weighted by Crippen LogP contribution is 2.24. The molecule has 4 rings (SSSR count). The van der Waals surface area contributed by atoms with Crippen LogP contribution in [0.3, 0.4) is 0 Å². The van der Waals surface area contributed by atoms with E-state index < -0.39 is 0 Å². The number of nitrogens with zero attached hydrogens (tertiary/aromatic N) is 4. The molecule has 35 heavy (non-hydrogen) atoms. The minimum atomic E-state index is -0.272. The van der Waals surface area contributed by atoms with E-state index in [-0.39, 0.29) is 24.1 Å². The number of benzene rings is 1. The van der Waals surface area contributed by atoms with Crippen molar-refractivity contribution < 1.29 is 9.53 Å². The van der Waals surface area contributed by atoms with Crippen molar-refractivity contribution in [2.45, 2.75) is 40.7 Å². The number of hydrogen-bond acceptors (Lipinski definition) is 5. The number of carbonyl (C=O) groups is 1. The van der Waals surface area contributed by atoms with Crippen molar-refractivity contribution in [1.29, 1.82) is 0 Å². The Morgan fingerprint density at radius 3 is 2.63 bits per heavy atom. The van der Waals surface area contributed by atoms with Crippen molar-refractivity contribution in [3.63, 3.8) is 0 Å². The molecule has 1 atom stereocenters. The molecule has 0 radical (unpaired) electrons. The molecular formula is C26H28ClN5O3. The molecule has 3 aromatic heterocycles. The Kier molecular flexibility index (Phi) is 6.93. The number of carbonyl (C=O) groups excluding carboxylic acids is 1. The maximum Gasteiger partial charge on any atom is 0.267 e. The van der Waals surface area contributed by atoms with E-state index >= 15 is 0 Å². The highest BCUT2D eigenvalue weighted by atomic mass is 35.5. The van der Waals surface area contributed by atoms with Gasteiger partial charge in [0.05, 0.1) is 16.9 Å². The normalized spacial score (nSPS) is 12.2. The predicted molar refractivity (Wildman–Crippen MR) is 136 cm³/mol.